The summed E-state index contributed by atoms with van der Waals surface area (Å²) in [7, 11) is 0. The van der Waals surface area contributed by atoms with Crippen molar-refractivity contribution in [2.75, 3.05) is 6.61 Å². The van der Waals surface area contributed by atoms with Gasteiger partial charge >= 0.3 is 0 Å². The molecule has 1 atom stereocenters. The van der Waals surface area contributed by atoms with Gasteiger partial charge in [0.15, 0.2) is 0 Å². The van der Waals surface area contributed by atoms with Gasteiger partial charge in [0.2, 0.25) is 0 Å². The second kappa shape index (κ2) is 5.86. The van der Waals surface area contributed by atoms with Gasteiger partial charge < -0.3 is 4.55 Å². The first-order valence-electron chi connectivity index (χ1n) is 1.94. The smallest absolute Gasteiger partial charge is 0.123 e. The quantitative estimate of drug-likeness (QED) is 0.180. The fourth-order valence-electron chi connectivity index (χ4n) is 0.118. The molecule has 0 spiro atoms. The van der Waals surface area contributed by atoms with Crippen molar-refractivity contribution in [1.82, 2.24) is 0 Å². The molecule has 0 N–H and O–H groups in total. The molecule has 0 aromatic rings. The van der Waals surface area contributed by atoms with Gasteiger partial charge in [-0.3, -0.25) is 0 Å². The van der Waals surface area contributed by atoms with E-state index >= 15 is 0 Å². The summed E-state index contributed by atoms with van der Waals surface area (Å²) in [5, 5.41) is 3.65. The van der Waals surface area contributed by atoms with E-state index in [0.717, 1.165) is 0 Å². The molecule has 6 heteroatoms. The van der Waals surface area contributed by atoms with Crippen LogP contribution in [0.4, 0.5) is 0 Å². The zero-order chi connectivity index (χ0) is 7.11. The molecule has 0 aromatic carbocycles. The molecule has 0 saturated heterocycles. The fraction of sp³-hybridized carbons (Fsp3) is 0.333. The molecule has 5 nitrogen and oxygen atoms in total. The molecule has 0 bridgehead atoms. The minimum absolute atomic E-state index is 0.0667. The van der Waals surface area contributed by atoms with Crippen molar-refractivity contribution in [2.45, 2.75) is 0 Å². The summed E-state index contributed by atoms with van der Waals surface area (Å²) in [6.07, 6.45) is 1.37. The van der Waals surface area contributed by atoms with E-state index in [-0.39, 0.29) is 6.61 Å². The average molecular weight is 153 g/mol. The molecule has 0 fully saturated rings. The zero-order valence-corrected chi connectivity index (χ0v) is 5.26. The highest BCUT2D eigenvalue weighted by Gasteiger charge is 1.83. The lowest BCUT2D eigenvalue weighted by Crippen LogP contribution is -1.98. The number of hydrogen-bond donors (Lipinski definition) is 0. The summed E-state index contributed by atoms with van der Waals surface area (Å²) < 4.78 is 22.5. The first-order valence-corrected chi connectivity index (χ1v) is 2.94. The third-order valence-electron chi connectivity index (χ3n) is 0.317. The Kier molecular flexibility index (Phi) is 5.68. The molecule has 0 aliphatic heterocycles. The third kappa shape index (κ3) is 7.73. The van der Waals surface area contributed by atoms with E-state index in [1.165, 1.54) is 6.08 Å². The molecule has 0 saturated carbocycles. The van der Waals surface area contributed by atoms with Crippen LogP contribution in [0.15, 0.2) is 12.7 Å². The van der Waals surface area contributed by atoms with Crippen LogP contribution in [0.25, 0.3) is 0 Å². The lowest BCUT2D eigenvalue weighted by Gasteiger charge is -2.00. The third-order valence-corrected chi connectivity index (χ3v) is 0.484. The summed E-state index contributed by atoms with van der Waals surface area (Å²) in [5.41, 5.74) is 0. The Labute approximate surface area is 54.6 Å². The van der Waals surface area contributed by atoms with E-state index in [1.807, 2.05) is 0 Å². The van der Waals surface area contributed by atoms with Crippen molar-refractivity contribution in [2.24, 2.45) is 0 Å². The lowest BCUT2D eigenvalue weighted by molar-refractivity contribution is -0.460. The molecule has 0 aliphatic rings. The molecular formula is C3H5O5S-. The minimum atomic E-state index is -2.70. The second-order valence-electron chi connectivity index (χ2n) is 0.913. The highest BCUT2D eigenvalue weighted by Crippen LogP contribution is 1.83. The summed E-state index contributed by atoms with van der Waals surface area (Å²) >= 11 is -2.70. The van der Waals surface area contributed by atoms with Crippen LogP contribution >= 0.6 is 0 Å². The molecule has 0 rings (SSSR count). The monoisotopic (exact) mass is 153 g/mol. The van der Waals surface area contributed by atoms with Crippen molar-refractivity contribution in [3.8, 4) is 0 Å². The van der Waals surface area contributed by atoms with Gasteiger partial charge in [0, 0.05) is 0 Å². The van der Waals surface area contributed by atoms with Crippen LogP contribution in [0.5, 0.6) is 0 Å². The van der Waals surface area contributed by atoms with E-state index in [9.17, 15) is 8.76 Å². The SMILES string of the molecule is C=CCOOOS(=O)[O-]. The summed E-state index contributed by atoms with van der Waals surface area (Å²) in [4.78, 5) is 4.06. The molecule has 9 heavy (non-hydrogen) atoms. The Bertz CT molecular complexity index is 102. The Morgan fingerprint density at radius 3 is 2.89 bits per heavy atom. The average Bonchev–Trinajstić information content (AvgIpc) is 1.80. The molecule has 0 aliphatic carbocycles. The number of rotatable bonds is 5. The predicted octanol–water partition coefficient (Wildman–Crippen LogP) is -0.154. The van der Waals surface area contributed by atoms with Crippen molar-refractivity contribution in [3.05, 3.63) is 12.7 Å². The van der Waals surface area contributed by atoms with E-state index < -0.39 is 11.4 Å². The molecule has 1 unspecified atom stereocenters. The van der Waals surface area contributed by atoms with Crippen LogP contribution < -0.4 is 0 Å². The topological polar surface area (TPSA) is 67.8 Å². The zero-order valence-electron chi connectivity index (χ0n) is 4.44. The van der Waals surface area contributed by atoms with Gasteiger partial charge in [-0.1, -0.05) is 11.1 Å². The Balaban J connectivity index is 2.91. The molecule has 0 aromatic heterocycles. The first kappa shape index (κ1) is 8.73. The van der Waals surface area contributed by atoms with Crippen molar-refractivity contribution in [3.63, 3.8) is 0 Å². The standard InChI is InChI=1S/C3H6O5S/c1-2-3-6-7-8-9(4)5/h2H,1,3H2,(H,4,5)/p-1. The Morgan fingerprint density at radius 1 is 1.78 bits per heavy atom. The second-order valence-corrected chi connectivity index (χ2v) is 1.46. The van der Waals surface area contributed by atoms with E-state index in [0.29, 0.717) is 0 Å². The van der Waals surface area contributed by atoms with Gasteiger partial charge in [0.25, 0.3) is 0 Å². The highest BCUT2D eigenvalue weighted by atomic mass is 32.2. The Morgan fingerprint density at radius 2 is 2.44 bits per heavy atom. The van der Waals surface area contributed by atoms with Gasteiger partial charge in [-0.2, -0.15) is 0 Å². The lowest BCUT2D eigenvalue weighted by atomic mass is 10.7. The van der Waals surface area contributed by atoms with Crippen LogP contribution in [0.3, 0.4) is 0 Å². The molecular weight excluding hydrogens is 148 g/mol. The molecule has 0 radical (unpaired) electrons. The van der Waals surface area contributed by atoms with Gasteiger partial charge in [0.1, 0.15) is 18.0 Å². The van der Waals surface area contributed by atoms with E-state index in [2.05, 4.69) is 20.8 Å². The van der Waals surface area contributed by atoms with Crippen LogP contribution in [-0.4, -0.2) is 15.4 Å². The number of hydrogen-bond acceptors (Lipinski definition) is 5. The van der Waals surface area contributed by atoms with E-state index in [4.69, 9.17) is 0 Å². The maximum Gasteiger partial charge on any atom is 0.123 e. The van der Waals surface area contributed by atoms with Crippen molar-refractivity contribution < 1.29 is 23.0 Å². The van der Waals surface area contributed by atoms with Crippen LogP contribution in [-0.2, 0) is 25.6 Å². The maximum absolute atomic E-state index is 9.51. The minimum Gasteiger partial charge on any atom is -0.747 e. The van der Waals surface area contributed by atoms with Gasteiger partial charge in [0.05, 0.1) is 0 Å². The summed E-state index contributed by atoms with van der Waals surface area (Å²) in [6.45, 7) is 3.33. The fourth-order valence-corrected chi connectivity index (χ4v) is 0.203. The Hall–Kier alpha value is -0.270. The van der Waals surface area contributed by atoms with Crippen LogP contribution in [0, 0.1) is 0 Å². The summed E-state index contributed by atoms with van der Waals surface area (Å²) in [6, 6.07) is 0. The molecule has 54 valence electrons. The summed E-state index contributed by atoms with van der Waals surface area (Å²) in [5.74, 6) is 0. The van der Waals surface area contributed by atoms with E-state index in [1.54, 1.807) is 0 Å². The molecule has 0 amide bonds. The molecule has 0 heterocycles. The largest absolute Gasteiger partial charge is 0.747 e. The maximum atomic E-state index is 9.51. The normalized spacial score (nSPS) is 13.0. The van der Waals surface area contributed by atoms with Crippen LogP contribution in [0.2, 0.25) is 0 Å². The van der Waals surface area contributed by atoms with Crippen molar-refractivity contribution >= 4 is 11.4 Å². The predicted molar refractivity (Wildman–Crippen MR) is 27.2 cm³/mol. The van der Waals surface area contributed by atoms with Crippen LogP contribution in [0.1, 0.15) is 0 Å². The highest BCUT2D eigenvalue weighted by molar-refractivity contribution is 7.73. The van der Waals surface area contributed by atoms with Crippen molar-refractivity contribution in [1.29, 1.82) is 0 Å². The van der Waals surface area contributed by atoms with Gasteiger partial charge in [-0.25, -0.2) is 9.10 Å². The first-order chi connectivity index (χ1) is 4.27. The van der Waals surface area contributed by atoms with Gasteiger partial charge in [-0.15, -0.1) is 10.9 Å². The van der Waals surface area contributed by atoms with Gasteiger partial charge in [-0.05, 0) is 0 Å².